The maximum absolute atomic E-state index is 13.5. The first-order valence-electron chi connectivity index (χ1n) is 16.7. The van der Waals surface area contributed by atoms with E-state index in [2.05, 4.69) is 50.9 Å². The number of rotatable bonds is 8. The zero-order valence-corrected chi connectivity index (χ0v) is 27.0. The lowest BCUT2D eigenvalue weighted by Gasteiger charge is -2.41. The molecule has 1 amide bonds. The normalized spacial score (nSPS) is 26.2. The molecule has 5 heterocycles. The minimum atomic E-state index is -0.332. The summed E-state index contributed by atoms with van der Waals surface area (Å²) in [6.45, 7) is 12.7. The van der Waals surface area contributed by atoms with Crippen LogP contribution in [0.4, 0.5) is 11.5 Å². The molecule has 0 unspecified atom stereocenters. The largest absolute Gasteiger partial charge is 0.462 e. The highest BCUT2D eigenvalue weighted by molar-refractivity contribution is 6.36. The highest BCUT2D eigenvalue weighted by atomic mass is 35.5. The van der Waals surface area contributed by atoms with Gasteiger partial charge in [0.2, 0.25) is 6.54 Å². The van der Waals surface area contributed by atoms with Crippen LogP contribution in [0.2, 0.25) is 5.02 Å². The number of carbonyl (C=O) groups is 1. The van der Waals surface area contributed by atoms with E-state index in [1.165, 1.54) is 6.42 Å². The van der Waals surface area contributed by atoms with Crippen LogP contribution in [0.1, 0.15) is 36.9 Å². The summed E-state index contributed by atoms with van der Waals surface area (Å²) in [5.74, 6) is 1.45. The molecule has 0 N–H and O–H groups in total. The van der Waals surface area contributed by atoms with E-state index in [4.69, 9.17) is 37.6 Å². The molecule has 46 heavy (non-hydrogen) atoms. The van der Waals surface area contributed by atoms with Gasteiger partial charge in [0.05, 0.1) is 23.4 Å². The number of likely N-dealkylation sites (tertiary alicyclic amines) is 1. The van der Waals surface area contributed by atoms with Gasteiger partial charge in [-0.2, -0.15) is 9.97 Å². The van der Waals surface area contributed by atoms with Gasteiger partial charge in [-0.1, -0.05) is 35.9 Å². The molecule has 5 aliphatic rings. The molecule has 3 aromatic rings. The molecule has 3 saturated heterocycles. The molecule has 1 saturated carbocycles. The fourth-order valence-corrected chi connectivity index (χ4v) is 7.97. The number of amides is 1. The third-order valence-electron chi connectivity index (χ3n) is 10.5. The van der Waals surface area contributed by atoms with Gasteiger partial charge in [-0.3, -0.25) is 4.79 Å². The molecular weight excluding hydrogens is 602 g/mol. The average Bonchev–Trinajstić information content (AvgIpc) is 4.00. The van der Waals surface area contributed by atoms with Crippen LogP contribution in [0, 0.1) is 12.5 Å². The predicted octanol–water partition coefficient (Wildman–Crippen LogP) is 4.43. The zero-order chi connectivity index (χ0) is 31.4. The number of fused-ring (bicyclic) bond motifs is 2. The number of epoxide rings is 1. The summed E-state index contributed by atoms with van der Waals surface area (Å²) in [6, 6.07) is 12.9. The van der Waals surface area contributed by atoms with E-state index in [0.29, 0.717) is 50.8 Å². The van der Waals surface area contributed by atoms with E-state index >= 15 is 0 Å². The summed E-state index contributed by atoms with van der Waals surface area (Å²) in [5.41, 5.74) is 3.17. The number of nitrogens with zero attached hydrogens (tertiary/aromatic N) is 7. The maximum atomic E-state index is 13.5. The summed E-state index contributed by atoms with van der Waals surface area (Å²) in [7, 11) is 2.14. The first-order chi connectivity index (χ1) is 22.5. The molecule has 2 aromatic carbocycles. The van der Waals surface area contributed by atoms with Gasteiger partial charge < -0.3 is 33.9 Å². The molecule has 0 radical (unpaired) electrons. The van der Waals surface area contributed by atoms with Gasteiger partial charge in [0.15, 0.2) is 6.10 Å². The summed E-state index contributed by atoms with van der Waals surface area (Å²) in [5, 5.41) is 2.91. The van der Waals surface area contributed by atoms with Gasteiger partial charge in [-0.15, -0.1) is 0 Å². The standard InChI is InChI=1S/C35H40ClN7O3/c1-37-18-25-19-42(16-17-43(25)34(44)32-31(46-32)23-11-12-23)33-26-13-15-41(29-10-4-7-22-6-3-9-27(36)30(22)29)20-28(26)38-35(39-33)45-21-24-8-5-14-40(24)2/h3-4,6-7,9-10,23-25,31-32H,5,8,11-21H2,2H3/t24-,25-,31+,32-/m0/s1. The van der Waals surface area contributed by atoms with E-state index < -0.39 is 0 Å². The van der Waals surface area contributed by atoms with Gasteiger partial charge in [-0.05, 0) is 69.1 Å². The number of piperazine rings is 1. The highest BCUT2D eigenvalue weighted by Crippen LogP contribution is 2.45. The number of halogens is 1. The molecule has 11 heteroatoms. The Labute approximate surface area is 275 Å². The van der Waals surface area contributed by atoms with Crippen molar-refractivity contribution in [3.05, 3.63) is 64.1 Å². The van der Waals surface area contributed by atoms with E-state index in [1.54, 1.807) is 0 Å². The number of likely N-dealkylation sites (N-methyl/N-ethyl adjacent to an activating group) is 1. The number of hydrogen-bond donors (Lipinski definition) is 0. The Balaban J connectivity index is 1.09. The second-order valence-corrected chi connectivity index (χ2v) is 13.9. The first kappa shape index (κ1) is 29.7. The Kier molecular flexibility index (Phi) is 7.87. The van der Waals surface area contributed by atoms with Crippen LogP contribution in [0.15, 0.2) is 36.4 Å². The maximum Gasteiger partial charge on any atom is 0.318 e. The van der Waals surface area contributed by atoms with Crippen molar-refractivity contribution >= 4 is 39.8 Å². The number of benzene rings is 2. The van der Waals surface area contributed by atoms with Crippen molar-refractivity contribution in [2.75, 3.05) is 62.7 Å². The second-order valence-electron chi connectivity index (χ2n) is 13.5. The molecule has 4 atom stereocenters. The Hall–Kier alpha value is -3.65. The second kappa shape index (κ2) is 12.2. The number of aromatic nitrogens is 2. The van der Waals surface area contributed by atoms with Gasteiger partial charge in [0, 0.05) is 48.9 Å². The molecule has 4 aliphatic heterocycles. The molecule has 10 nitrogen and oxygen atoms in total. The van der Waals surface area contributed by atoms with Crippen LogP contribution >= 0.6 is 11.6 Å². The lowest BCUT2D eigenvalue weighted by atomic mass is 10.0. The average molecular weight is 642 g/mol. The Morgan fingerprint density at radius 3 is 2.70 bits per heavy atom. The number of ether oxygens (including phenoxy) is 2. The minimum Gasteiger partial charge on any atom is -0.462 e. The van der Waals surface area contributed by atoms with Gasteiger partial charge in [-0.25, -0.2) is 6.57 Å². The van der Waals surface area contributed by atoms with Crippen LogP contribution in [-0.4, -0.2) is 103 Å². The van der Waals surface area contributed by atoms with Crippen LogP contribution in [0.5, 0.6) is 6.01 Å². The fraction of sp³-hybridized carbons (Fsp3) is 0.543. The Bertz CT molecular complexity index is 1690. The number of hydrogen-bond acceptors (Lipinski definition) is 8. The lowest BCUT2D eigenvalue weighted by molar-refractivity contribution is -0.135. The Morgan fingerprint density at radius 2 is 1.91 bits per heavy atom. The Morgan fingerprint density at radius 1 is 1.07 bits per heavy atom. The van der Waals surface area contributed by atoms with Crippen molar-refractivity contribution in [3.8, 4) is 6.01 Å². The topological polar surface area (TPSA) is 81.9 Å². The fourth-order valence-electron chi connectivity index (χ4n) is 7.69. The van der Waals surface area contributed by atoms with Crippen molar-refractivity contribution in [2.45, 2.75) is 62.9 Å². The van der Waals surface area contributed by atoms with Crippen LogP contribution < -0.4 is 14.5 Å². The van der Waals surface area contributed by atoms with Crippen molar-refractivity contribution in [3.63, 3.8) is 0 Å². The molecule has 4 fully saturated rings. The molecule has 0 spiro atoms. The zero-order valence-electron chi connectivity index (χ0n) is 26.3. The molecule has 0 bridgehead atoms. The number of carbonyl (C=O) groups excluding carboxylic acids is 1. The van der Waals surface area contributed by atoms with E-state index in [9.17, 15) is 4.79 Å². The molecule has 240 valence electrons. The van der Waals surface area contributed by atoms with E-state index in [-0.39, 0.29) is 30.7 Å². The van der Waals surface area contributed by atoms with Crippen molar-refractivity contribution in [2.24, 2.45) is 5.92 Å². The summed E-state index contributed by atoms with van der Waals surface area (Å²) >= 11 is 6.73. The van der Waals surface area contributed by atoms with E-state index in [1.807, 2.05) is 17.0 Å². The van der Waals surface area contributed by atoms with Crippen LogP contribution in [0.3, 0.4) is 0 Å². The molecule has 1 aromatic heterocycles. The monoisotopic (exact) mass is 641 g/mol. The third-order valence-corrected chi connectivity index (χ3v) is 10.8. The van der Waals surface area contributed by atoms with Crippen molar-refractivity contribution in [1.29, 1.82) is 0 Å². The molecule has 1 aliphatic carbocycles. The quantitative estimate of drug-likeness (QED) is 0.264. The molecular formula is C35H40ClN7O3. The first-order valence-corrected chi connectivity index (χ1v) is 17.1. The van der Waals surface area contributed by atoms with Gasteiger partial charge in [0.25, 0.3) is 5.91 Å². The SMILES string of the molecule is [C-]#[N+]C[C@H]1CN(c2nc(OC[C@@H]3CCCN3C)nc3c2CCN(c2cccc4cccc(Cl)c24)C3)CCN1C(=O)[C@H]1O[C@@H]1C1CC1. The van der Waals surface area contributed by atoms with E-state index in [0.717, 1.165) is 77.3 Å². The summed E-state index contributed by atoms with van der Waals surface area (Å²) in [6.07, 6.45) is 5.08. The third kappa shape index (κ3) is 5.63. The number of anilines is 2. The smallest absolute Gasteiger partial charge is 0.318 e. The van der Waals surface area contributed by atoms with Gasteiger partial charge in [0.1, 0.15) is 18.5 Å². The van der Waals surface area contributed by atoms with Crippen LogP contribution in [-0.2, 0) is 22.5 Å². The molecule has 8 rings (SSSR count). The van der Waals surface area contributed by atoms with Gasteiger partial charge >= 0.3 is 6.01 Å². The van der Waals surface area contributed by atoms with Crippen molar-refractivity contribution in [1.82, 2.24) is 19.8 Å². The summed E-state index contributed by atoms with van der Waals surface area (Å²) < 4.78 is 12.1. The van der Waals surface area contributed by atoms with Crippen molar-refractivity contribution < 1.29 is 14.3 Å². The lowest BCUT2D eigenvalue weighted by Crippen LogP contribution is -2.58. The predicted molar refractivity (Wildman–Crippen MR) is 177 cm³/mol. The minimum absolute atomic E-state index is 0.0454. The van der Waals surface area contributed by atoms with Crippen LogP contribution in [0.25, 0.3) is 15.6 Å². The summed E-state index contributed by atoms with van der Waals surface area (Å²) in [4.78, 5) is 36.1. The highest BCUT2D eigenvalue weighted by Gasteiger charge is 2.55.